The Morgan fingerprint density at radius 1 is 1.50 bits per heavy atom. The minimum absolute atomic E-state index is 0.364. The molecule has 0 radical (unpaired) electrons. The summed E-state index contributed by atoms with van der Waals surface area (Å²) >= 11 is 0. The first-order valence-corrected chi connectivity index (χ1v) is 5.31. The summed E-state index contributed by atoms with van der Waals surface area (Å²) in [6, 6.07) is 2.11. The lowest BCUT2D eigenvalue weighted by Crippen LogP contribution is -2.18. The van der Waals surface area contributed by atoms with Crippen LogP contribution >= 0.6 is 0 Å². The van der Waals surface area contributed by atoms with Gasteiger partial charge >= 0.3 is 0 Å². The third-order valence-corrected chi connectivity index (χ3v) is 2.80. The van der Waals surface area contributed by atoms with Crippen molar-refractivity contribution in [2.45, 2.75) is 52.4 Å². The molecule has 0 aliphatic carbocycles. The van der Waals surface area contributed by atoms with Gasteiger partial charge in [-0.15, -0.1) is 0 Å². The Bertz CT molecular complexity index is 319. The first kappa shape index (κ1) is 9.71. The number of rotatable bonds is 2. The van der Waals surface area contributed by atoms with Crippen molar-refractivity contribution in [3.8, 4) is 0 Å². The van der Waals surface area contributed by atoms with Crippen LogP contribution < -0.4 is 0 Å². The zero-order valence-corrected chi connectivity index (χ0v) is 9.16. The van der Waals surface area contributed by atoms with E-state index in [-0.39, 0.29) is 0 Å². The summed E-state index contributed by atoms with van der Waals surface area (Å²) < 4.78 is 7.82. The number of aromatic nitrogens is 2. The Hall–Kier alpha value is -0.830. The molecule has 2 heterocycles. The molecule has 1 aliphatic rings. The molecular formula is C11H18N2O. The minimum Gasteiger partial charge on any atom is -0.373 e. The highest BCUT2D eigenvalue weighted by atomic mass is 16.5. The second-order valence-electron chi connectivity index (χ2n) is 4.26. The maximum absolute atomic E-state index is 5.77. The van der Waals surface area contributed by atoms with Gasteiger partial charge in [0.25, 0.3) is 0 Å². The highest BCUT2D eigenvalue weighted by Crippen LogP contribution is 2.20. The fraction of sp³-hybridized carbons (Fsp3) is 0.727. The normalized spacial score (nSPS) is 27.1. The second kappa shape index (κ2) is 3.73. The van der Waals surface area contributed by atoms with Gasteiger partial charge < -0.3 is 4.74 Å². The zero-order valence-electron chi connectivity index (χ0n) is 9.16. The van der Waals surface area contributed by atoms with Gasteiger partial charge in [-0.05, 0) is 39.7 Å². The first-order chi connectivity index (χ1) is 6.65. The molecule has 0 spiro atoms. The summed E-state index contributed by atoms with van der Waals surface area (Å²) in [6.45, 7) is 7.17. The van der Waals surface area contributed by atoms with E-state index in [2.05, 4.69) is 29.7 Å². The summed E-state index contributed by atoms with van der Waals surface area (Å²) in [7, 11) is 0. The molecule has 0 bridgehead atoms. The highest BCUT2D eigenvalue weighted by Gasteiger charge is 2.22. The van der Waals surface area contributed by atoms with Gasteiger partial charge in [-0.25, -0.2) is 0 Å². The van der Waals surface area contributed by atoms with Gasteiger partial charge in [0.2, 0.25) is 0 Å². The van der Waals surface area contributed by atoms with Crippen LogP contribution in [-0.2, 0) is 11.3 Å². The van der Waals surface area contributed by atoms with Gasteiger partial charge in [0.05, 0.1) is 24.4 Å². The van der Waals surface area contributed by atoms with Gasteiger partial charge in [-0.3, -0.25) is 4.68 Å². The molecule has 0 saturated carbocycles. The maximum Gasteiger partial charge on any atom is 0.0775 e. The molecule has 2 rings (SSSR count). The van der Waals surface area contributed by atoms with Crippen molar-refractivity contribution in [3.05, 3.63) is 17.5 Å². The predicted octanol–water partition coefficient (Wildman–Crippen LogP) is 2.07. The molecule has 1 saturated heterocycles. The van der Waals surface area contributed by atoms with Crippen LogP contribution in [0.15, 0.2) is 6.07 Å². The van der Waals surface area contributed by atoms with Gasteiger partial charge in [0.1, 0.15) is 0 Å². The van der Waals surface area contributed by atoms with Crippen molar-refractivity contribution in [2.75, 3.05) is 0 Å². The lowest BCUT2D eigenvalue weighted by atomic mass is 10.2. The number of aryl methyl sites for hydroxylation is 2. The van der Waals surface area contributed by atoms with E-state index in [9.17, 15) is 0 Å². The van der Waals surface area contributed by atoms with E-state index in [1.807, 2.05) is 6.92 Å². The Kier molecular flexibility index (Phi) is 2.59. The van der Waals surface area contributed by atoms with Crippen LogP contribution in [-0.4, -0.2) is 22.0 Å². The van der Waals surface area contributed by atoms with Crippen molar-refractivity contribution in [1.82, 2.24) is 9.78 Å². The SMILES string of the molecule is Cc1cc(C)n(CC2CCC(C)O2)n1. The number of ether oxygens (including phenoxy) is 1. The van der Waals surface area contributed by atoms with Crippen LogP contribution in [0, 0.1) is 13.8 Å². The molecule has 14 heavy (non-hydrogen) atoms. The molecule has 2 atom stereocenters. The average molecular weight is 194 g/mol. The highest BCUT2D eigenvalue weighted by molar-refractivity contribution is 5.06. The number of hydrogen-bond acceptors (Lipinski definition) is 2. The molecule has 2 unspecified atom stereocenters. The average Bonchev–Trinajstić information content (AvgIpc) is 2.61. The third-order valence-electron chi connectivity index (χ3n) is 2.80. The van der Waals surface area contributed by atoms with E-state index >= 15 is 0 Å². The van der Waals surface area contributed by atoms with Crippen LogP contribution in [0.2, 0.25) is 0 Å². The number of nitrogens with zero attached hydrogens (tertiary/aromatic N) is 2. The van der Waals surface area contributed by atoms with Gasteiger partial charge in [0.15, 0.2) is 0 Å². The quantitative estimate of drug-likeness (QED) is 0.720. The monoisotopic (exact) mass is 194 g/mol. The Labute approximate surface area is 85.1 Å². The summed E-state index contributed by atoms with van der Waals surface area (Å²) in [4.78, 5) is 0. The fourth-order valence-electron chi connectivity index (χ4n) is 2.07. The molecule has 0 aromatic carbocycles. The molecule has 1 fully saturated rings. The zero-order chi connectivity index (χ0) is 10.1. The first-order valence-electron chi connectivity index (χ1n) is 5.31. The standard InChI is InChI=1S/C11H18N2O/c1-8-6-9(2)13(12-8)7-11-5-4-10(3)14-11/h6,10-11H,4-5,7H2,1-3H3. The lowest BCUT2D eigenvalue weighted by Gasteiger charge is -2.12. The summed E-state index contributed by atoms with van der Waals surface area (Å²) in [5, 5.41) is 4.44. The summed E-state index contributed by atoms with van der Waals surface area (Å²) in [6.07, 6.45) is 3.14. The molecule has 0 amide bonds. The molecule has 1 aliphatic heterocycles. The van der Waals surface area contributed by atoms with Crippen LogP contribution in [0.4, 0.5) is 0 Å². The molecule has 78 valence electrons. The summed E-state index contributed by atoms with van der Waals surface area (Å²) in [5.41, 5.74) is 2.32. The van der Waals surface area contributed by atoms with Crippen molar-refractivity contribution in [2.24, 2.45) is 0 Å². The molecule has 3 nitrogen and oxygen atoms in total. The van der Waals surface area contributed by atoms with E-state index in [4.69, 9.17) is 4.74 Å². The smallest absolute Gasteiger partial charge is 0.0775 e. The van der Waals surface area contributed by atoms with Crippen molar-refractivity contribution >= 4 is 0 Å². The Morgan fingerprint density at radius 2 is 2.29 bits per heavy atom. The van der Waals surface area contributed by atoms with Crippen molar-refractivity contribution in [3.63, 3.8) is 0 Å². The topological polar surface area (TPSA) is 27.1 Å². The van der Waals surface area contributed by atoms with E-state index in [1.54, 1.807) is 0 Å². The van der Waals surface area contributed by atoms with Crippen LogP contribution in [0.1, 0.15) is 31.2 Å². The largest absolute Gasteiger partial charge is 0.373 e. The molecule has 3 heteroatoms. The Morgan fingerprint density at radius 3 is 2.79 bits per heavy atom. The van der Waals surface area contributed by atoms with Crippen LogP contribution in [0.5, 0.6) is 0 Å². The molecule has 0 N–H and O–H groups in total. The van der Waals surface area contributed by atoms with Crippen molar-refractivity contribution < 1.29 is 4.74 Å². The predicted molar refractivity (Wildman–Crippen MR) is 55.3 cm³/mol. The van der Waals surface area contributed by atoms with Crippen molar-refractivity contribution in [1.29, 1.82) is 0 Å². The number of hydrogen-bond donors (Lipinski definition) is 0. The molecule has 1 aromatic heterocycles. The Balaban J connectivity index is 2.00. The molecule has 1 aromatic rings. The maximum atomic E-state index is 5.77. The van der Waals surface area contributed by atoms with Gasteiger partial charge in [-0.2, -0.15) is 5.10 Å². The van der Waals surface area contributed by atoms with Gasteiger partial charge in [-0.1, -0.05) is 0 Å². The van der Waals surface area contributed by atoms with Crippen LogP contribution in [0.3, 0.4) is 0 Å². The fourth-order valence-corrected chi connectivity index (χ4v) is 2.07. The summed E-state index contributed by atoms with van der Waals surface area (Å²) in [5.74, 6) is 0. The van der Waals surface area contributed by atoms with E-state index in [0.717, 1.165) is 12.2 Å². The van der Waals surface area contributed by atoms with E-state index in [1.165, 1.54) is 18.5 Å². The molecular weight excluding hydrogens is 176 g/mol. The lowest BCUT2D eigenvalue weighted by molar-refractivity contribution is 0.0433. The van der Waals surface area contributed by atoms with Crippen LogP contribution in [0.25, 0.3) is 0 Å². The van der Waals surface area contributed by atoms with E-state index < -0.39 is 0 Å². The van der Waals surface area contributed by atoms with Gasteiger partial charge in [0, 0.05) is 5.69 Å². The second-order valence-corrected chi connectivity index (χ2v) is 4.26. The minimum atomic E-state index is 0.364. The van der Waals surface area contributed by atoms with E-state index in [0.29, 0.717) is 12.2 Å². The third kappa shape index (κ3) is 1.98.